The first-order chi connectivity index (χ1) is 15.8. The van der Waals surface area contributed by atoms with E-state index in [0.717, 1.165) is 16.6 Å². The van der Waals surface area contributed by atoms with E-state index in [-0.39, 0.29) is 40.8 Å². The average Bonchev–Trinajstić information content (AvgIpc) is 3.47. The molecule has 0 unspecified atom stereocenters. The number of nitrogens with zero attached hydrogens (tertiary/aromatic N) is 2. The van der Waals surface area contributed by atoms with Gasteiger partial charge in [-0.05, 0) is 42.1 Å². The second-order valence-corrected chi connectivity index (χ2v) is 11.9. The molecule has 1 aromatic heterocycles. The maximum atomic E-state index is 13.2. The number of amides is 2. The van der Waals surface area contributed by atoms with Gasteiger partial charge in [-0.2, -0.15) is 0 Å². The fourth-order valence-corrected chi connectivity index (χ4v) is 6.83. The molecule has 0 radical (unpaired) electrons. The molecule has 1 atom stereocenters. The van der Waals surface area contributed by atoms with Crippen LogP contribution in [0, 0.1) is 0 Å². The minimum atomic E-state index is -3.09. The van der Waals surface area contributed by atoms with Gasteiger partial charge < -0.3 is 10.1 Å². The zero-order chi connectivity index (χ0) is 23.6. The van der Waals surface area contributed by atoms with E-state index in [1.165, 1.54) is 23.3 Å². The van der Waals surface area contributed by atoms with Gasteiger partial charge in [0.2, 0.25) is 5.91 Å². The number of hydrogen-bond donors (Lipinski definition) is 1. The van der Waals surface area contributed by atoms with Crippen molar-refractivity contribution < 1.29 is 22.7 Å². The first-order valence-electron chi connectivity index (χ1n) is 9.90. The molecule has 2 aliphatic rings. The summed E-state index contributed by atoms with van der Waals surface area (Å²) in [6, 6.07) is 8.32. The largest absolute Gasteiger partial charge is 0.495 e. The van der Waals surface area contributed by atoms with Crippen LogP contribution >= 0.6 is 34.7 Å². The first-order valence-corrected chi connectivity index (χ1v) is 14.0. The normalized spacial score (nSPS) is 20.8. The Balaban J connectivity index is 1.54. The molecule has 3 heterocycles. The van der Waals surface area contributed by atoms with E-state index in [1.807, 2.05) is 17.5 Å². The lowest BCUT2D eigenvalue weighted by Crippen LogP contribution is -2.37. The summed E-state index contributed by atoms with van der Waals surface area (Å²) in [6.07, 6.45) is 2.10. The average molecular weight is 526 g/mol. The number of hydrogen-bond acceptors (Lipinski definition) is 8. The van der Waals surface area contributed by atoms with Crippen LogP contribution in [0.25, 0.3) is 6.08 Å². The van der Waals surface area contributed by atoms with Crippen molar-refractivity contribution in [3.63, 3.8) is 0 Å². The third kappa shape index (κ3) is 5.60. The van der Waals surface area contributed by atoms with E-state index >= 15 is 0 Å². The maximum Gasteiger partial charge on any atom is 0.283 e. The highest BCUT2D eigenvalue weighted by molar-refractivity contribution is 8.14. The predicted octanol–water partition coefficient (Wildman–Crippen LogP) is 3.19. The number of amidine groups is 1. The van der Waals surface area contributed by atoms with Crippen LogP contribution in [0.5, 0.6) is 5.75 Å². The Morgan fingerprint density at radius 1 is 1.42 bits per heavy atom. The highest BCUT2D eigenvalue weighted by Gasteiger charge is 2.34. The number of aliphatic imine (C=N–C) groups is 1. The standard InChI is InChI=1S/C21H20ClN3O5S3/c1-30-18-5-4-14(9-16(18)22)25-20(27)17(10-15-3-2-7-31-15)24-21(25)32-11-19(26)23-13-6-8-33(28,29)12-13/h2-5,7,9-10,13H,6,8,11-12H2,1H3,(H,23,26)/b17-10-/t13-/m1/s1. The molecular weight excluding hydrogens is 506 g/mol. The Labute approximate surface area is 204 Å². The minimum absolute atomic E-state index is 0.0185. The van der Waals surface area contributed by atoms with Crippen molar-refractivity contribution in [1.29, 1.82) is 0 Å². The van der Waals surface area contributed by atoms with Gasteiger partial charge in [0.25, 0.3) is 5.91 Å². The molecule has 1 N–H and O–H groups in total. The molecule has 0 aliphatic carbocycles. The summed E-state index contributed by atoms with van der Waals surface area (Å²) in [4.78, 5) is 32.4. The van der Waals surface area contributed by atoms with Crippen LogP contribution < -0.4 is 15.0 Å². The van der Waals surface area contributed by atoms with Gasteiger partial charge >= 0.3 is 0 Å². The van der Waals surface area contributed by atoms with Crippen molar-refractivity contribution in [3.8, 4) is 5.75 Å². The number of rotatable bonds is 6. The van der Waals surface area contributed by atoms with Gasteiger partial charge in [0.1, 0.15) is 11.4 Å². The molecule has 4 rings (SSSR count). The molecule has 2 aliphatic heterocycles. The smallest absolute Gasteiger partial charge is 0.283 e. The van der Waals surface area contributed by atoms with E-state index in [9.17, 15) is 18.0 Å². The van der Waals surface area contributed by atoms with Gasteiger partial charge in [-0.25, -0.2) is 13.4 Å². The van der Waals surface area contributed by atoms with Crippen molar-refractivity contribution >= 4 is 73.3 Å². The summed E-state index contributed by atoms with van der Waals surface area (Å²) >= 11 is 8.84. The molecule has 8 nitrogen and oxygen atoms in total. The molecule has 2 amide bonds. The Morgan fingerprint density at radius 3 is 2.88 bits per heavy atom. The molecule has 12 heteroatoms. The van der Waals surface area contributed by atoms with E-state index in [0.29, 0.717) is 28.0 Å². The van der Waals surface area contributed by atoms with Crippen LogP contribution in [0.1, 0.15) is 11.3 Å². The number of thiophene rings is 1. The number of anilines is 1. The Morgan fingerprint density at radius 2 is 2.24 bits per heavy atom. The molecule has 0 saturated carbocycles. The summed E-state index contributed by atoms with van der Waals surface area (Å²) in [5, 5.41) is 5.32. The first kappa shape index (κ1) is 23.8. The lowest BCUT2D eigenvalue weighted by atomic mass is 10.2. The van der Waals surface area contributed by atoms with E-state index in [4.69, 9.17) is 16.3 Å². The van der Waals surface area contributed by atoms with Crippen LogP contribution in [0.2, 0.25) is 5.02 Å². The molecule has 0 spiro atoms. The van der Waals surface area contributed by atoms with Gasteiger partial charge in [0, 0.05) is 10.9 Å². The van der Waals surface area contributed by atoms with Crippen molar-refractivity contribution in [1.82, 2.24) is 5.32 Å². The van der Waals surface area contributed by atoms with Gasteiger partial charge in [-0.3, -0.25) is 14.5 Å². The predicted molar refractivity (Wildman–Crippen MR) is 133 cm³/mol. The summed E-state index contributed by atoms with van der Waals surface area (Å²) in [5.74, 6) is -0.175. The van der Waals surface area contributed by atoms with Crippen LogP contribution in [0.3, 0.4) is 0 Å². The van der Waals surface area contributed by atoms with Crippen LogP contribution in [0.15, 0.2) is 46.4 Å². The SMILES string of the molecule is COc1ccc(N2C(=O)/C(=C/c3cccs3)N=C2SCC(=O)N[C@@H]2CCS(=O)(=O)C2)cc1Cl. The summed E-state index contributed by atoms with van der Waals surface area (Å²) < 4.78 is 28.4. The van der Waals surface area contributed by atoms with E-state index < -0.39 is 9.84 Å². The molecule has 1 fully saturated rings. The number of methoxy groups -OCH3 is 1. The lowest BCUT2D eigenvalue weighted by molar-refractivity contribution is -0.119. The van der Waals surface area contributed by atoms with Crippen LogP contribution in [-0.4, -0.2) is 55.8 Å². The zero-order valence-electron chi connectivity index (χ0n) is 17.5. The van der Waals surface area contributed by atoms with E-state index in [2.05, 4.69) is 10.3 Å². The summed E-state index contributed by atoms with van der Waals surface area (Å²) in [6.45, 7) is 0. The Bertz CT molecular complexity index is 1240. The highest BCUT2D eigenvalue weighted by Crippen LogP contribution is 2.34. The van der Waals surface area contributed by atoms with Crippen molar-refractivity contribution in [2.45, 2.75) is 12.5 Å². The fourth-order valence-electron chi connectivity index (χ4n) is 3.43. The number of sulfone groups is 1. The molecule has 1 aromatic carbocycles. The van der Waals surface area contributed by atoms with Crippen molar-refractivity contribution in [3.05, 3.63) is 51.3 Å². The van der Waals surface area contributed by atoms with E-state index in [1.54, 1.807) is 24.3 Å². The Kier molecular flexibility index (Phi) is 7.13. The third-order valence-electron chi connectivity index (χ3n) is 4.98. The maximum absolute atomic E-state index is 13.2. The molecule has 0 bridgehead atoms. The summed E-state index contributed by atoms with van der Waals surface area (Å²) in [5.41, 5.74) is 0.739. The van der Waals surface area contributed by atoms with Crippen LogP contribution in [-0.2, 0) is 19.4 Å². The van der Waals surface area contributed by atoms with Gasteiger partial charge in [0.05, 0.1) is 35.1 Å². The van der Waals surface area contributed by atoms with Crippen molar-refractivity contribution in [2.75, 3.05) is 29.3 Å². The molecule has 174 valence electrons. The monoisotopic (exact) mass is 525 g/mol. The quantitative estimate of drug-likeness (QED) is 0.581. The van der Waals surface area contributed by atoms with Gasteiger partial charge in [-0.1, -0.05) is 29.4 Å². The van der Waals surface area contributed by atoms with Gasteiger partial charge in [-0.15, -0.1) is 11.3 Å². The minimum Gasteiger partial charge on any atom is -0.495 e. The zero-order valence-corrected chi connectivity index (χ0v) is 20.7. The second-order valence-electron chi connectivity index (χ2n) is 7.35. The van der Waals surface area contributed by atoms with Crippen LogP contribution in [0.4, 0.5) is 5.69 Å². The topological polar surface area (TPSA) is 105 Å². The highest BCUT2D eigenvalue weighted by atomic mass is 35.5. The van der Waals surface area contributed by atoms with Crippen molar-refractivity contribution in [2.24, 2.45) is 4.99 Å². The number of carbonyl (C=O) groups excluding carboxylic acids is 2. The fraction of sp³-hybridized carbons (Fsp3) is 0.286. The third-order valence-corrected chi connectivity index (χ3v) is 8.80. The van der Waals surface area contributed by atoms with Gasteiger partial charge in [0.15, 0.2) is 15.0 Å². The Hall–Kier alpha value is -2.34. The molecular formula is C21H20ClN3O5S3. The molecule has 1 saturated heterocycles. The second kappa shape index (κ2) is 9.88. The number of halogens is 1. The number of ether oxygens (including phenoxy) is 1. The number of carbonyl (C=O) groups is 2. The lowest BCUT2D eigenvalue weighted by Gasteiger charge is -2.19. The number of nitrogens with one attached hydrogen (secondary N) is 1. The number of thioether (sulfide) groups is 1. The number of benzene rings is 1. The summed E-state index contributed by atoms with van der Waals surface area (Å²) in [7, 11) is -1.59. The molecule has 33 heavy (non-hydrogen) atoms. The molecule has 2 aromatic rings.